The van der Waals surface area contributed by atoms with Crippen molar-refractivity contribution >= 4 is 47.9 Å². The van der Waals surface area contributed by atoms with E-state index in [-0.39, 0.29) is 10.9 Å². The van der Waals surface area contributed by atoms with Crippen molar-refractivity contribution in [2.45, 2.75) is 13.3 Å². The largest absolute Gasteiger partial charge is 0.473 e. The first-order valence-electron chi connectivity index (χ1n) is 13.5. The minimum atomic E-state index is -4.78. The summed E-state index contributed by atoms with van der Waals surface area (Å²) in [7, 11) is -4.78. The molecule has 13 heteroatoms. The highest BCUT2D eigenvalue weighted by molar-refractivity contribution is 9.10. The van der Waals surface area contributed by atoms with Crippen LogP contribution in [0.1, 0.15) is 27.1 Å². The van der Waals surface area contributed by atoms with E-state index < -0.39 is 82.8 Å². The second kappa shape index (κ2) is 11.5. The number of halogens is 2. The van der Waals surface area contributed by atoms with Gasteiger partial charge in [0, 0.05) is 26.1 Å². The molecule has 0 saturated heterocycles. The molecule has 10 nitrogen and oxygen atoms in total. The van der Waals surface area contributed by atoms with Gasteiger partial charge < -0.3 is 9.47 Å². The van der Waals surface area contributed by atoms with Gasteiger partial charge in [0.2, 0.25) is 5.88 Å². The molecular formula is C19H20Br2N6O4S. The molecule has 0 spiro atoms. The number of ether oxygens (including phenoxy) is 2. The van der Waals surface area contributed by atoms with Gasteiger partial charge in [-0.05, 0) is 40.0 Å². The molecule has 0 bridgehead atoms. The summed E-state index contributed by atoms with van der Waals surface area (Å²) < 4.78 is 121. The smallest absolute Gasteiger partial charge is 0.316 e. The Labute approximate surface area is 216 Å². The van der Waals surface area contributed by atoms with Gasteiger partial charge in [-0.15, -0.1) is 0 Å². The van der Waals surface area contributed by atoms with E-state index in [2.05, 4.69) is 51.8 Å². The normalized spacial score (nSPS) is 17.1. The van der Waals surface area contributed by atoms with Crippen LogP contribution in [-0.4, -0.2) is 48.0 Å². The summed E-state index contributed by atoms with van der Waals surface area (Å²) in [5.41, 5.74) is -1.36. The first kappa shape index (κ1) is 14.0. The maximum absolute atomic E-state index is 12.8. The van der Waals surface area contributed by atoms with Gasteiger partial charge in [0.25, 0.3) is 10.2 Å². The zero-order valence-corrected chi connectivity index (χ0v) is 20.0. The molecule has 3 rings (SSSR count). The molecule has 0 aliphatic carbocycles. The lowest BCUT2D eigenvalue weighted by atomic mass is 10.1. The molecule has 2 heterocycles. The average molecular weight is 598 g/mol. The summed E-state index contributed by atoms with van der Waals surface area (Å²) in [4.78, 5) is 15.0. The fraction of sp³-hybridized carbons (Fsp3) is 0.263. The number of aromatic nitrogens is 4. The molecule has 0 atom stereocenters. The molecule has 170 valence electrons. The number of benzene rings is 1. The molecular weight excluding hydrogens is 568 g/mol. The maximum atomic E-state index is 12.8. The molecule has 0 unspecified atom stereocenters. The van der Waals surface area contributed by atoms with Crippen molar-refractivity contribution in [3.63, 3.8) is 0 Å². The first-order chi connectivity index (χ1) is 19.2. The fourth-order valence-electron chi connectivity index (χ4n) is 1.98. The van der Waals surface area contributed by atoms with Crippen LogP contribution in [0, 0.1) is 0 Å². The standard InChI is InChI=1S/C19H20Br2N6O4S/c1-2-7-26-32(28,29)27-17-16(13-3-5-14(20)6-4-13)18(25-12-24-17)30-8-9-31-19-22-10-15(21)11-23-19/h3-6,10-12,26H,2,7-9H2,1H3,(H,24,25,27)/i3D,4D,5D,6D,7D2,8D2,9D2. The predicted molar refractivity (Wildman–Crippen MR) is 127 cm³/mol. The molecule has 2 N–H and O–H groups in total. The highest BCUT2D eigenvalue weighted by Crippen LogP contribution is 2.34. The third kappa shape index (κ3) is 7.08. The number of nitrogens with zero attached hydrogens (tertiary/aromatic N) is 4. The Kier molecular flexibility index (Phi) is 5.04. The van der Waals surface area contributed by atoms with E-state index in [4.69, 9.17) is 23.2 Å². The summed E-state index contributed by atoms with van der Waals surface area (Å²) in [6.45, 7) is -7.84. The summed E-state index contributed by atoms with van der Waals surface area (Å²) in [5.74, 6) is -1.69. The Bertz CT molecular complexity index is 1570. The van der Waals surface area contributed by atoms with Crippen LogP contribution in [0.2, 0.25) is 0 Å². The van der Waals surface area contributed by atoms with Crippen LogP contribution >= 0.6 is 31.9 Å². The second-order valence-corrected chi connectivity index (χ2v) is 8.55. The topological polar surface area (TPSA) is 128 Å². The van der Waals surface area contributed by atoms with Crippen molar-refractivity contribution in [2.75, 3.05) is 24.3 Å². The van der Waals surface area contributed by atoms with Crippen LogP contribution in [0.4, 0.5) is 5.82 Å². The lowest BCUT2D eigenvalue weighted by molar-refractivity contribution is 0.202. The van der Waals surface area contributed by atoms with Gasteiger partial charge in [0.15, 0.2) is 5.82 Å². The van der Waals surface area contributed by atoms with E-state index in [1.165, 1.54) is 19.3 Å². The van der Waals surface area contributed by atoms with Crippen LogP contribution in [0.15, 0.2) is 51.8 Å². The molecule has 3 aromatic rings. The van der Waals surface area contributed by atoms with Crippen LogP contribution in [-0.2, 0) is 10.2 Å². The van der Waals surface area contributed by atoms with Gasteiger partial charge >= 0.3 is 6.01 Å². The SMILES string of the molecule is [2H]c1c([2H])c(-c2c(NS(=O)(=O)NC([2H])([2H])CC)ncnc2OC([2H])([2H])C([2H])([2H])Oc2ncc(Br)cn2)c([2H])c([2H])c1Br. The van der Waals surface area contributed by atoms with Crippen molar-refractivity contribution in [2.24, 2.45) is 0 Å². The van der Waals surface area contributed by atoms with Crippen molar-refractivity contribution in [1.29, 1.82) is 0 Å². The van der Waals surface area contributed by atoms with Crippen molar-refractivity contribution in [3.8, 4) is 23.0 Å². The first-order valence-corrected chi connectivity index (χ1v) is 11.6. The van der Waals surface area contributed by atoms with Crippen molar-refractivity contribution < 1.29 is 31.6 Å². The lowest BCUT2D eigenvalue weighted by Gasteiger charge is -2.15. The molecule has 0 fully saturated rings. The molecule has 0 aliphatic rings. The molecule has 0 saturated carbocycles. The van der Waals surface area contributed by atoms with E-state index in [1.807, 2.05) is 4.72 Å². The highest BCUT2D eigenvalue weighted by atomic mass is 79.9. The third-order valence-electron chi connectivity index (χ3n) is 3.20. The van der Waals surface area contributed by atoms with Crippen LogP contribution in [0.25, 0.3) is 11.1 Å². The van der Waals surface area contributed by atoms with Gasteiger partial charge in [-0.2, -0.15) is 13.1 Å². The summed E-state index contributed by atoms with van der Waals surface area (Å²) >= 11 is 6.03. The van der Waals surface area contributed by atoms with Gasteiger partial charge in [-0.3, -0.25) is 4.72 Å². The van der Waals surface area contributed by atoms with E-state index in [9.17, 15) is 8.42 Å². The zero-order chi connectivity index (χ0) is 31.8. The van der Waals surface area contributed by atoms with Gasteiger partial charge in [-0.1, -0.05) is 34.9 Å². The Balaban J connectivity index is 2.21. The minimum Gasteiger partial charge on any atom is -0.473 e. The van der Waals surface area contributed by atoms with Crippen molar-refractivity contribution in [1.82, 2.24) is 24.7 Å². The van der Waals surface area contributed by atoms with E-state index in [1.54, 1.807) is 4.72 Å². The number of anilines is 1. The quantitative estimate of drug-likeness (QED) is 0.343. The minimum absolute atomic E-state index is 0.241. The van der Waals surface area contributed by atoms with Crippen LogP contribution in [0.3, 0.4) is 0 Å². The number of hydrogen-bond donors (Lipinski definition) is 2. The Morgan fingerprint density at radius 1 is 1.03 bits per heavy atom. The summed E-state index contributed by atoms with van der Waals surface area (Å²) in [6, 6.07) is -3.28. The summed E-state index contributed by atoms with van der Waals surface area (Å²) in [5, 5.41) is 0. The molecule has 0 aliphatic heterocycles. The predicted octanol–water partition coefficient (Wildman–Crippen LogP) is 3.57. The van der Waals surface area contributed by atoms with Crippen LogP contribution < -0.4 is 18.9 Å². The molecule has 1 aromatic carbocycles. The highest BCUT2D eigenvalue weighted by Gasteiger charge is 2.19. The number of nitrogens with one attached hydrogen (secondary N) is 2. The van der Waals surface area contributed by atoms with Crippen LogP contribution in [0.5, 0.6) is 11.9 Å². The number of hydrogen-bond acceptors (Lipinski definition) is 8. The van der Waals surface area contributed by atoms with Gasteiger partial charge in [0.1, 0.15) is 19.4 Å². The van der Waals surface area contributed by atoms with E-state index in [0.717, 1.165) is 0 Å². The fourth-order valence-corrected chi connectivity index (χ4v) is 3.18. The molecule has 0 radical (unpaired) electrons. The zero-order valence-electron chi connectivity index (χ0n) is 26.0. The molecule has 32 heavy (non-hydrogen) atoms. The second-order valence-electron chi connectivity index (χ2n) is 5.42. The van der Waals surface area contributed by atoms with Gasteiger partial charge in [-0.25, -0.2) is 19.9 Å². The van der Waals surface area contributed by atoms with E-state index in [0.29, 0.717) is 10.8 Å². The van der Waals surface area contributed by atoms with E-state index >= 15 is 0 Å². The maximum Gasteiger partial charge on any atom is 0.316 e. The Morgan fingerprint density at radius 3 is 2.41 bits per heavy atom. The lowest BCUT2D eigenvalue weighted by Crippen LogP contribution is -2.31. The monoisotopic (exact) mass is 596 g/mol. The Morgan fingerprint density at radius 2 is 1.72 bits per heavy atom. The molecule has 2 aromatic heterocycles. The average Bonchev–Trinajstić information content (AvgIpc) is 2.88. The van der Waals surface area contributed by atoms with Crippen molar-refractivity contribution in [3.05, 3.63) is 51.8 Å². The number of rotatable bonds is 11. The third-order valence-corrected chi connectivity index (χ3v) is 4.88. The molecule has 0 amide bonds. The summed E-state index contributed by atoms with van der Waals surface area (Å²) in [6.07, 6.45) is 2.83. The Hall–Kier alpha value is -2.35. The van der Waals surface area contributed by atoms with Gasteiger partial charge in [0.05, 0.1) is 21.0 Å².